The lowest BCUT2D eigenvalue weighted by atomic mass is 9.89. The van der Waals surface area contributed by atoms with E-state index in [0.717, 1.165) is 17.9 Å². The Morgan fingerprint density at radius 1 is 1.12 bits per heavy atom. The smallest absolute Gasteiger partial charge is 0.261 e. The zero-order valence-electron chi connectivity index (χ0n) is 15.0. The van der Waals surface area contributed by atoms with Gasteiger partial charge in [-0.2, -0.15) is 0 Å². The molecule has 25 heavy (non-hydrogen) atoms. The van der Waals surface area contributed by atoms with Gasteiger partial charge in [0, 0.05) is 29.7 Å². The second-order valence-corrected chi connectivity index (χ2v) is 7.05. The number of hydrogen-bond donors (Lipinski definition) is 1. The summed E-state index contributed by atoms with van der Waals surface area (Å²) in [6, 6.07) is 10.8. The number of amides is 1. The summed E-state index contributed by atoms with van der Waals surface area (Å²) in [4.78, 5) is 25.1. The van der Waals surface area contributed by atoms with E-state index in [1.165, 1.54) is 32.1 Å². The molecular weight excluding hydrogens is 312 g/mol. The highest BCUT2D eigenvalue weighted by Gasteiger charge is 2.20. The molecule has 3 rings (SSSR count). The van der Waals surface area contributed by atoms with Crippen molar-refractivity contribution in [2.24, 2.45) is 5.92 Å². The summed E-state index contributed by atoms with van der Waals surface area (Å²) >= 11 is 0. The first-order valence-corrected chi connectivity index (χ1v) is 9.13. The van der Waals surface area contributed by atoms with Crippen LogP contribution in [0.3, 0.4) is 0 Å². The van der Waals surface area contributed by atoms with E-state index in [0.29, 0.717) is 11.6 Å². The molecule has 1 aliphatic carbocycles. The van der Waals surface area contributed by atoms with Crippen LogP contribution in [0.5, 0.6) is 0 Å². The average molecular weight is 338 g/mol. The number of carbonyl (C=O) groups is 1. The fourth-order valence-electron chi connectivity index (χ4n) is 3.82. The van der Waals surface area contributed by atoms with Gasteiger partial charge in [-0.1, -0.05) is 37.5 Å². The summed E-state index contributed by atoms with van der Waals surface area (Å²) in [6.45, 7) is 4.73. The van der Waals surface area contributed by atoms with Gasteiger partial charge in [0.15, 0.2) is 5.43 Å². The van der Waals surface area contributed by atoms with Crippen molar-refractivity contribution >= 4 is 11.6 Å². The zero-order chi connectivity index (χ0) is 17.8. The lowest BCUT2D eigenvalue weighted by molar-refractivity contribution is 0.102. The monoisotopic (exact) mass is 338 g/mol. The molecule has 4 heteroatoms. The average Bonchev–Trinajstić information content (AvgIpc) is 2.60. The molecule has 0 atom stereocenters. The molecule has 4 nitrogen and oxygen atoms in total. The standard InChI is InChI=1S/C21H26N2O2/c1-15-13-19(24)20(21(25)22-18-11-7-4-8-12-18)16(2)23(15)14-17-9-5-3-6-10-17/h4,7-8,11-13,17H,3,5-6,9-10,14H2,1-2H3,(H,22,25). The lowest BCUT2D eigenvalue weighted by Gasteiger charge is -2.26. The number of aryl methyl sites for hydroxylation is 1. The molecule has 0 aliphatic heterocycles. The predicted octanol–water partition coefficient (Wildman–Crippen LogP) is 4.30. The van der Waals surface area contributed by atoms with Crippen molar-refractivity contribution in [3.8, 4) is 0 Å². The van der Waals surface area contributed by atoms with Gasteiger partial charge in [-0.15, -0.1) is 0 Å². The first-order valence-electron chi connectivity index (χ1n) is 9.13. The van der Waals surface area contributed by atoms with Gasteiger partial charge in [-0.05, 0) is 44.7 Å². The van der Waals surface area contributed by atoms with Crippen molar-refractivity contribution in [2.75, 3.05) is 5.32 Å². The van der Waals surface area contributed by atoms with Gasteiger partial charge in [0.05, 0.1) is 0 Å². The number of nitrogens with zero attached hydrogens (tertiary/aromatic N) is 1. The fraction of sp³-hybridized carbons (Fsp3) is 0.429. The second kappa shape index (κ2) is 7.68. The highest BCUT2D eigenvalue weighted by Crippen LogP contribution is 2.26. The Morgan fingerprint density at radius 3 is 2.48 bits per heavy atom. The molecule has 0 spiro atoms. The van der Waals surface area contributed by atoms with E-state index in [9.17, 15) is 9.59 Å². The minimum atomic E-state index is -0.328. The number of para-hydroxylation sites is 1. The van der Waals surface area contributed by atoms with Crippen molar-refractivity contribution in [2.45, 2.75) is 52.5 Å². The molecule has 1 aromatic heterocycles. The summed E-state index contributed by atoms with van der Waals surface area (Å²) < 4.78 is 2.15. The van der Waals surface area contributed by atoms with Crippen molar-refractivity contribution in [1.82, 2.24) is 4.57 Å². The van der Waals surface area contributed by atoms with Crippen LogP contribution in [0, 0.1) is 19.8 Å². The quantitative estimate of drug-likeness (QED) is 0.904. The van der Waals surface area contributed by atoms with Crippen LogP contribution in [0.1, 0.15) is 53.8 Å². The van der Waals surface area contributed by atoms with E-state index >= 15 is 0 Å². The molecule has 2 aromatic rings. The summed E-state index contributed by atoms with van der Waals surface area (Å²) in [6.07, 6.45) is 6.35. The zero-order valence-corrected chi connectivity index (χ0v) is 15.0. The maximum atomic E-state index is 12.7. The number of hydrogen-bond acceptors (Lipinski definition) is 2. The van der Waals surface area contributed by atoms with E-state index in [1.54, 1.807) is 6.07 Å². The van der Waals surface area contributed by atoms with Crippen LogP contribution >= 0.6 is 0 Å². The molecule has 0 unspecified atom stereocenters. The molecule has 1 heterocycles. The van der Waals surface area contributed by atoms with Crippen LogP contribution in [0.15, 0.2) is 41.2 Å². The number of carbonyl (C=O) groups excluding carboxylic acids is 1. The van der Waals surface area contributed by atoms with Crippen molar-refractivity contribution in [3.05, 3.63) is 63.6 Å². The Balaban J connectivity index is 1.89. The molecule has 1 N–H and O–H groups in total. The minimum absolute atomic E-state index is 0.205. The maximum absolute atomic E-state index is 12.7. The van der Waals surface area contributed by atoms with Gasteiger partial charge in [0.25, 0.3) is 5.91 Å². The number of pyridine rings is 1. The second-order valence-electron chi connectivity index (χ2n) is 7.05. The van der Waals surface area contributed by atoms with Crippen LogP contribution in [-0.2, 0) is 6.54 Å². The van der Waals surface area contributed by atoms with Gasteiger partial charge in [0.2, 0.25) is 0 Å². The molecule has 1 aromatic carbocycles. The number of nitrogens with one attached hydrogen (secondary N) is 1. The molecule has 1 amide bonds. The molecule has 132 valence electrons. The number of benzene rings is 1. The number of aromatic nitrogens is 1. The normalized spacial score (nSPS) is 15.1. The van der Waals surface area contributed by atoms with Crippen molar-refractivity contribution < 1.29 is 4.79 Å². The first-order chi connectivity index (χ1) is 12.1. The van der Waals surface area contributed by atoms with E-state index in [1.807, 2.05) is 44.2 Å². The van der Waals surface area contributed by atoms with Crippen molar-refractivity contribution in [3.63, 3.8) is 0 Å². The van der Waals surface area contributed by atoms with E-state index in [2.05, 4.69) is 9.88 Å². The van der Waals surface area contributed by atoms with E-state index < -0.39 is 0 Å². The number of anilines is 1. The van der Waals surface area contributed by atoms with Crippen LogP contribution in [0.2, 0.25) is 0 Å². The third-order valence-corrected chi connectivity index (χ3v) is 5.20. The Hall–Kier alpha value is -2.36. The predicted molar refractivity (Wildman–Crippen MR) is 101 cm³/mol. The Labute approximate surface area is 148 Å². The first kappa shape index (κ1) is 17.5. The van der Waals surface area contributed by atoms with Gasteiger partial charge >= 0.3 is 0 Å². The van der Waals surface area contributed by atoms with Gasteiger partial charge < -0.3 is 9.88 Å². The third-order valence-electron chi connectivity index (χ3n) is 5.20. The Kier molecular flexibility index (Phi) is 5.37. The van der Waals surface area contributed by atoms with Gasteiger partial charge in [-0.25, -0.2) is 0 Å². The largest absolute Gasteiger partial charge is 0.348 e. The van der Waals surface area contributed by atoms with Crippen LogP contribution < -0.4 is 10.7 Å². The molecule has 1 aliphatic rings. The summed E-state index contributed by atoms with van der Waals surface area (Å²) in [5, 5.41) is 2.84. The van der Waals surface area contributed by atoms with Crippen LogP contribution in [-0.4, -0.2) is 10.5 Å². The number of rotatable bonds is 4. The van der Waals surface area contributed by atoms with Crippen LogP contribution in [0.25, 0.3) is 0 Å². The SMILES string of the molecule is Cc1cc(=O)c(C(=O)Nc2ccccc2)c(C)n1CC1CCCCC1. The molecule has 0 radical (unpaired) electrons. The van der Waals surface area contributed by atoms with Gasteiger partial charge in [-0.3, -0.25) is 9.59 Å². The summed E-state index contributed by atoms with van der Waals surface area (Å²) in [5.41, 5.74) is 2.45. The Morgan fingerprint density at radius 2 is 1.80 bits per heavy atom. The maximum Gasteiger partial charge on any atom is 0.261 e. The third kappa shape index (κ3) is 4.01. The lowest BCUT2D eigenvalue weighted by Crippen LogP contribution is -2.28. The molecule has 0 bridgehead atoms. The Bertz CT molecular complexity index is 803. The van der Waals surface area contributed by atoms with E-state index in [4.69, 9.17) is 0 Å². The highest BCUT2D eigenvalue weighted by atomic mass is 16.2. The molecule has 0 saturated heterocycles. The molecule has 1 saturated carbocycles. The molecule has 1 fully saturated rings. The fourth-order valence-corrected chi connectivity index (χ4v) is 3.82. The molecular formula is C21H26N2O2. The van der Waals surface area contributed by atoms with Crippen molar-refractivity contribution in [1.29, 1.82) is 0 Å². The van der Waals surface area contributed by atoms with Gasteiger partial charge in [0.1, 0.15) is 5.56 Å². The minimum Gasteiger partial charge on any atom is -0.348 e. The highest BCUT2D eigenvalue weighted by molar-refractivity contribution is 6.04. The topological polar surface area (TPSA) is 51.1 Å². The van der Waals surface area contributed by atoms with Crippen LogP contribution in [0.4, 0.5) is 5.69 Å². The summed E-state index contributed by atoms with van der Waals surface area (Å²) in [5.74, 6) is 0.310. The summed E-state index contributed by atoms with van der Waals surface area (Å²) in [7, 11) is 0. The van der Waals surface area contributed by atoms with E-state index in [-0.39, 0.29) is 16.9 Å².